The molecular weight excluding hydrogens is 170 g/mol. The molecule has 0 spiro atoms. The van der Waals surface area contributed by atoms with Gasteiger partial charge in [0.15, 0.2) is 0 Å². The van der Waals surface area contributed by atoms with Gasteiger partial charge in [-0.15, -0.1) is 0 Å². The lowest BCUT2D eigenvalue weighted by Crippen LogP contribution is -1.85. The summed E-state index contributed by atoms with van der Waals surface area (Å²) >= 11 is 0. The Labute approximate surface area is 85.7 Å². The third-order valence-electron chi connectivity index (χ3n) is 2.19. The van der Waals surface area contributed by atoms with Crippen molar-refractivity contribution in [1.29, 1.82) is 5.26 Å². The molecule has 0 N–H and O–H groups in total. The molecule has 0 aliphatic carbocycles. The molecule has 0 aliphatic rings. The van der Waals surface area contributed by atoms with Crippen LogP contribution in [-0.4, -0.2) is 0 Å². The van der Waals surface area contributed by atoms with Crippen LogP contribution in [0.4, 0.5) is 0 Å². The van der Waals surface area contributed by atoms with Gasteiger partial charge in [-0.2, -0.15) is 5.26 Å². The molecule has 72 valence electrons. The fraction of sp³-hybridized carbons (Fsp3) is 0.308. The summed E-state index contributed by atoms with van der Waals surface area (Å²) in [6.45, 7) is 2.08. The third-order valence-corrected chi connectivity index (χ3v) is 2.19. The number of allylic oxidation sites excluding steroid dienone is 2. The Morgan fingerprint density at radius 3 is 2.71 bits per heavy atom. The van der Waals surface area contributed by atoms with E-state index >= 15 is 0 Å². The van der Waals surface area contributed by atoms with Gasteiger partial charge < -0.3 is 0 Å². The minimum atomic E-state index is 0.528. The van der Waals surface area contributed by atoms with Crippen molar-refractivity contribution < 1.29 is 0 Å². The molecule has 0 unspecified atom stereocenters. The molecule has 1 aromatic rings. The Hall–Kier alpha value is -1.55. The van der Waals surface area contributed by atoms with Gasteiger partial charge in [0.05, 0.1) is 12.5 Å². The van der Waals surface area contributed by atoms with Crippen LogP contribution in [0.15, 0.2) is 42.0 Å². The molecule has 0 saturated heterocycles. The lowest BCUT2D eigenvalue weighted by Gasteiger charge is -2.00. The van der Waals surface area contributed by atoms with Crippen LogP contribution in [0.5, 0.6) is 0 Å². The van der Waals surface area contributed by atoms with E-state index in [4.69, 9.17) is 5.26 Å². The first-order valence-electron chi connectivity index (χ1n) is 4.89. The molecule has 1 nitrogen and oxygen atoms in total. The van der Waals surface area contributed by atoms with Crippen LogP contribution >= 0.6 is 0 Å². The van der Waals surface area contributed by atoms with Crippen LogP contribution in [0.2, 0.25) is 0 Å². The number of nitriles is 1. The summed E-state index contributed by atoms with van der Waals surface area (Å²) in [7, 11) is 0. The van der Waals surface area contributed by atoms with E-state index in [9.17, 15) is 0 Å². The minimum absolute atomic E-state index is 0.528. The summed E-state index contributed by atoms with van der Waals surface area (Å²) in [6, 6.07) is 12.5. The first kappa shape index (κ1) is 10.5. The molecule has 0 saturated carbocycles. The van der Waals surface area contributed by atoms with Crippen molar-refractivity contribution in [1.82, 2.24) is 0 Å². The van der Waals surface area contributed by atoms with Gasteiger partial charge in [-0.1, -0.05) is 42.0 Å². The monoisotopic (exact) mass is 185 g/mol. The van der Waals surface area contributed by atoms with Crippen LogP contribution in [0.1, 0.15) is 25.3 Å². The average Bonchev–Trinajstić information content (AvgIpc) is 2.25. The Bertz CT molecular complexity index is 330. The summed E-state index contributed by atoms with van der Waals surface area (Å²) < 4.78 is 0. The number of nitrogens with zero attached hydrogens (tertiary/aromatic N) is 1. The van der Waals surface area contributed by atoms with Crippen molar-refractivity contribution in [2.75, 3.05) is 0 Å². The number of benzene rings is 1. The molecule has 1 rings (SSSR count). The van der Waals surface area contributed by atoms with Crippen molar-refractivity contribution in [3.8, 4) is 6.07 Å². The van der Waals surface area contributed by atoms with Crippen LogP contribution in [0.3, 0.4) is 0 Å². The maximum Gasteiger partial charge on any atom is 0.0663 e. The zero-order valence-corrected chi connectivity index (χ0v) is 8.53. The standard InChI is InChI=1S/C13H15N/c1-12(6-5-11-14)9-10-13-7-3-2-4-8-13/h2-4,6-8H,5,9-10H2,1H3/b12-6+. The van der Waals surface area contributed by atoms with Gasteiger partial charge in [-0.25, -0.2) is 0 Å². The quantitative estimate of drug-likeness (QED) is 0.659. The smallest absolute Gasteiger partial charge is 0.0663 e. The molecule has 1 aromatic carbocycles. The zero-order valence-electron chi connectivity index (χ0n) is 8.53. The van der Waals surface area contributed by atoms with Crippen molar-refractivity contribution >= 4 is 0 Å². The normalized spacial score (nSPS) is 11.0. The highest BCUT2D eigenvalue weighted by Gasteiger charge is 1.92. The number of hydrogen-bond donors (Lipinski definition) is 0. The van der Waals surface area contributed by atoms with Gasteiger partial charge in [0.25, 0.3) is 0 Å². The van der Waals surface area contributed by atoms with E-state index in [1.165, 1.54) is 11.1 Å². The van der Waals surface area contributed by atoms with E-state index < -0.39 is 0 Å². The molecular formula is C13H15N. The highest BCUT2D eigenvalue weighted by Crippen LogP contribution is 2.08. The summed E-state index contributed by atoms with van der Waals surface area (Å²) in [6.07, 6.45) is 4.64. The van der Waals surface area contributed by atoms with Gasteiger partial charge in [0, 0.05) is 0 Å². The molecule has 1 heteroatoms. The van der Waals surface area contributed by atoms with Crippen LogP contribution in [0.25, 0.3) is 0 Å². The second-order valence-corrected chi connectivity index (χ2v) is 3.40. The molecule has 0 aliphatic heterocycles. The number of hydrogen-bond acceptors (Lipinski definition) is 1. The molecule has 0 amide bonds. The Morgan fingerprint density at radius 1 is 1.36 bits per heavy atom. The van der Waals surface area contributed by atoms with Gasteiger partial charge in [0.2, 0.25) is 0 Å². The minimum Gasteiger partial charge on any atom is -0.198 e. The van der Waals surface area contributed by atoms with Crippen molar-refractivity contribution in [3.05, 3.63) is 47.5 Å². The van der Waals surface area contributed by atoms with Crippen molar-refractivity contribution in [2.45, 2.75) is 26.2 Å². The van der Waals surface area contributed by atoms with Gasteiger partial charge in [-0.3, -0.25) is 0 Å². The molecule has 0 heterocycles. The first-order chi connectivity index (χ1) is 6.83. The first-order valence-corrected chi connectivity index (χ1v) is 4.89. The van der Waals surface area contributed by atoms with Gasteiger partial charge in [0.1, 0.15) is 0 Å². The van der Waals surface area contributed by atoms with Gasteiger partial charge >= 0.3 is 0 Å². The topological polar surface area (TPSA) is 23.8 Å². The highest BCUT2D eigenvalue weighted by atomic mass is 14.2. The Kier molecular flexibility index (Phi) is 4.50. The fourth-order valence-electron chi connectivity index (χ4n) is 1.31. The van der Waals surface area contributed by atoms with Crippen LogP contribution in [-0.2, 0) is 6.42 Å². The highest BCUT2D eigenvalue weighted by molar-refractivity contribution is 5.16. The Morgan fingerprint density at radius 2 is 2.07 bits per heavy atom. The maximum absolute atomic E-state index is 8.41. The second-order valence-electron chi connectivity index (χ2n) is 3.40. The van der Waals surface area contributed by atoms with Crippen molar-refractivity contribution in [3.63, 3.8) is 0 Å². The SMILES string of the molecule is C/C(=C\CC#N)CCc1ccccc1. The molecule has 0 fully saturated rings. The van der Waals surface area contributed by atoms with Crippen LogP contribution in [0, 0.1) is 11.3 Å². The van der Waals surface area contributed by atoms with E-state index in [0.717, 1.165) is 12.8 Å². The summed E-state index contributed by atoms with van der Waals surface area (Å²) in [5, 5.41) is 8.41. The van der Waals surface area contributed by atoms with E-state index in [0.29, 0.717) is 6.42 Å². The van der Waals surface area contributed by atoms with E-state index in [1.54, 1.807) is 0 Å². The summed E-state index contributed by atoms with van der Waals surface area (Å²) in [4.78, 5) is 0. The van der Waals surface area contributed by atoms with E-state index in [-0.39, 0.29) is 0 Å². The molecule has 0 atom stereocenters. The number of rotatable bonds is 4. The second kappa shape index (κ2) is 5.99. The summed E-state index contributed by atoms with van der Waals surface area (Å²) in [5.74, 6) is 0. The third kappa shape index (κ3) is 3.91. The predicted molar refractivity (Wildman–Crippen MR) is 58.8 cm³/mol. The zero-order chi connectivity index (χ0) is 10.2. The molecule has 0 bridgehead atoms. The fourth-order valence-corrected chi connectivity index (χ4v) is 1.31. The largest absolute Gasteiger partial charge is 0.198 e. The van der Waals surface area contributed by atoms with E-state index in [2.05, 4.69) is 37.3 Å². The Balaban J connectivity index is 2.38. The predicted octanol–water partition coefficient (Wildman–Crippen LogP) is 3.48. The maximum atomic E-state index is 8.41. The lowest BCUT2D eigenvalue weighted by molar-refractivity contribution is 0.934. The van der Waals surface area contributed by atoms with Gasteiger partial charge in [-0.05, 0) is 25.3 Å². The number of aryl methyl sites for hydroxylation is 1. The van der Waals surface area contributed by atoms with E-state index in [1.807, 2.05) is 12.1 Å². The lowest BCUT2D eigenvalue weighted by atomic mass is 10.1. The van der Waals surface area contributed by atoms with Crippen molar-refractivity contribution in [2.24, 2.45) is 0 Å². The molecule has 14 heavy (non-hydrogen) atoms. The molecule has 0 aromatic heterocycles. The summed E-state index contributed by atoms with van der Waals surface area (Å²) in [5.41, 5.74) is 2.66. The average molecular weight is 185 g/mol. The molecule has 0 radical (unpaired) electrons. The van der Waals surface area contributed by atoms with Crippen LogP contribution < -0.4 is 0 Å².